The van der Waals surface area contributed by atoms with Crippen LogP contribution in [-0.2, 0) is 14.3 Å². The van der Waals surface area contributed by atoms with Crippen LogP contribution in [-0.4, -0.2) is 87.5 Å². The van der Waals surface area contributed by atoms with Crippen molar-refractivity contribution >= 4 is 5.91 Å². The molecule has 6 N–H and O–H groups in total. The quantitative estimate of drug-likeness (QED) is 0.0261. The highest BCUT2D eigenvalue weighted by Crippen LogP contribution is 2.23. The Bertz CT molecular complexity index is 1250. The molecule has 416 valence electrons. The first-order valence-electron chi connectivity index (χ1n) is 30.4. The third-order valence-corrected chi connectivity index (χ3v) is 14.4. The van der Waals surface area contributed by atoms with Gasteiger partial charge in [-0.1, -0.05) is 255 Å². The standard InChI is InChI=1S/C62H115NO8/c1-3-5-7-9-11-13-15-17-19-20-21-22-23-24-25-26-27-28-29-30-31-32-33-34-35-36-38-39-41-43-45-47-49-51-56(65)55(54-70-62-61(69)60(68)59(67)57(53-64)71-62)63-58(66)52-50-48-46-44-42-40-37-18-16-14-12-10-8-6-4-2/h18,35-37,41,43,49,51,55-57,59-62,64-65,67-69H,3-17,19-34,38-40,42,44-48,50,52-54H2,1-2H3,(H,63,66)/b36-35+,37-18-,43-41+,51-49+. The lowest BCUT2D eigenvalue weighted by atomic mass is 9.99. The van der Waals surface area contributed by atoms with E-state index in [9.17, 15) is 30.3 Å². The maximum absolute atomic E-state index is 13.0. The minimum atomic E-state index is -1.58. The summed E-state index contributed by atoms with van der Waals surface area (Å²) in [6, 6.07) is -0.833. The molecule has 0 aromatic heterocycles. The van der Waals surface area contributed by atoms with Gasteiger partial charge in [-0.05, 0) is 70.6 Å². The lowest BCUT2D eigenvalue weighted by molar-refractivity contribution is -0.302. The van der Waals surface area contributed by atoms with Gasteiger partial charge < -0.3 is 40.3 Å². The molecule has 0 saturated carbocycles. The zero-order valence-electron chi connectivity index (χ0n) is 46.2. The Morgan fingerprint density at radius 3 is 1.18 bits per heavy atom. The third kappa shape index (κ3) is 41.1. The van der Waals surface area contributed by atoms with Gasteiger partial charge >= 0.3 is 0 Å². The summed E-state index contributed by atoms with van der Waals surface area (Å²) in [5, 5.41) is 54.4. The fourth-order valence-electron chi connectivity index (χ4n) is 9.54. The normalized spacial score (nSPS) is 19.6. The molecular weight excluding hydrogens is 887 g/mol. The van der Waals surface area contributed by atoms with Crippen molar-refractivity contribution < 1.29 is 39.8 Å². The number of amides is 1. The van der Waals surface area contributed by atoms with Gasteiger partial charge in [-0.2, -0.15) is 0 Å². The van der Waals surface area contributed by atoms with Crippen LogP contribution in [0.1, 0.15) is 284 Å². The van der Waals surface area contributed by atoms with Crippen molar-refractivity contribution in [2.24, 2.45) is 0 Å². The van der Waals surface area contributed by atoms with E-state index < -0.39 is 49.5 Å². The number of hydrogen-bond donors (Lipinski definition) is 6. The van der Waals surface area contributed by atoms with Gasteiger partial charge in [0.05, 0.1) is 25.4 Å². The Balaban J connectivity index is 2.19. The molecule has 71 heavy (non-hydrogen) atoms. The highest BCUT2D eigenvalue weighted by molar-refractivity contribution is 5.76. The Labute approximate surface area is 437 Å². The predicted octanol–water partition coefficient (Wildman–Crippen LogP) is 15.3. The molecule has 1 rings (SSSR count). The monoisotopic (exact) mass is 1000 g/mol. The SMILES string of the molecule is CCCCCCCC/C=C\CCCCCCCC(=O)NC(COC1OC(CO)C(O)C(O)C1O)C(O)/C=C/CC/C=C/CC/C=C/CCCCCCCCCCCCCCCCCCCCCCCCC. The number of rotatable bonds is 52. The number of nitrogens with one attached hydrogen (secondary N) is 1. The molecule has 1 heterocycles. The zero-order chi connectivity index (χ0) is 51.5. The van der Waals surface area contributed by atoms with Gasteiger partial charge in [-0.15, -0.1) is 0 Å². The number of aliphatic hydroxyl groups excluding tert-OH is 5. The van der Waals surface area contributed by atoms with Crippen molar-refractivity contribution in [1.82, 2.24) is 5.32 Å². The maximum Gasteiger partial charge on any atom is 0.220 e. The highest BCUT2D eigenvalue weighted by Gasteiger charge is 2.44. The summed E-state index contributed by atoms with van der Waals surface area (Å²) in [4.78, 5) is 13.0. The van der Waals surface area contributed by atoms with Crippen LogP contribution in [0.3, 0.4) is 0 Å². The Morgan fingerprint density at radius 1 is 0.465 bits per heavy atom. The molecule has 0 bridgehead atoms. The molecule has 1 aliphatic rings. The Morgan fingerprint density at radius 2 is 0.803 bits per heavy atom. The minimum absolute atomic E-state index is 0.198. The van der Waals surface area contributed by atoms with Gasteiger partial charge in [0, 0.05) is 6.42 Å². The second kappa shape index (κ2) is 51.6. The smallest absolute Gasteiger partial charge is 0.220 e. The molecule has 1 aliphatic heterocycles. The second-order valence-corrected chi connectivity index (χ2v) is 21.1. The van der Waals surface area contributed by atoms with E-state index in [0.717, 1.165) is 64.2 Å². The minimum Gasteiger partial charge on any atom is -0.394 e. The number of allylic oxidation sites excluding steroid dienone is 7. The molecule has 0 aromatic carbocycles. The number of aliphatic hydroxyl groups is 5. The van der Waals surface area contributed by atoms with Gasteiger partial charge in [0.2, 0.25) is 5.91 Å². The molecule has 1 fully saturated rings. The lowest BCUT2D eigenvalue weighted by Gasteiger charge is -2.40. The van der Waals surface area contributed by atoms with Crippen LogP contribution >= 0.6 is 0 Å². The average Bonchev–Trinajstić information content (AvgIpc) is 3.37. The van der Waals surface area contributed by atoms with Crippen molar-refractivity contribution in [3.8, 4) is 0 Å². The fourth-order valence-corrected chi connectivity index (χ4v) is 9.54. The van der Waals surface area contributed by atoms with Crippen LogP contribution in [0.2, 0.25) is 0 Å². The van der Waals surface area contributed by atoms with Crippen LogP contribution in [0, 0.1) is 0 Å². The third-order valence-electron chi connectivity index (χ3n) is 14.4. The molecule has 9 nitrogen and oxygen atoms in total. The molecule has 0 aliphatic carbocycles. The first-order chi connectivity index (χ1) is 34.8. The zero-order valence-corrected chi connectivity index (χ0v) is 46.2. The van der Waals surface area contributed by atoms with Gasteiger partial charge in [0.15, 0.2) is 6.29 Å². The summed E-state index contributed by atoms with van der Waals surface area (Å²) in [6.07, 6.45) is 62.1. The summed E-state index contributed by atoms with van der Waals surface area (Å²) in [5.41, 5.74) is 0. The predicted molar refractivity (Wildman–Crippen MR) is 299 cm³/mol. The van der Waals surface area contributed by atoms with E-state index in [1.807, 2.05) is 6.08 Å². The number of ether oxygens (including phenoxy) is 2. The van der Waals surface area contributed by atoms with E-state index in [-0.39, 0.29) is 12.5 Å². The van der Waals surface area contributed by atoms with Crippen molar-refractivity contribution in [1.29, 1.82) is 0 Å². The maximum atomic E-state index is 13.0. The van der Waals surface area contributed by atoms with Gasteiger partial charge in [-0.25, -0.2) is 0 Å². The van der Waals surface area contributed by atoms with Crippen molar-refractivity contribution in [2.75, 3.05) is 13.2 Å². The molecular formula is C62H115NO8. The van der Waals surface area contributed by atoms with Crippen LogP contribution in [0.4, 0.5) is 0 Å². The molecule has 7 unspecified atom stereocenters. The first kappa shape index (κ1) is 67.2. The molecule has 1 saturated heterocycles. The Kier molecular flexibility index (Phi) is 48.8. The summed E-state index contributed by atoms with van der Waals surface area (Å²) in [7, 11) is 0. The molecule has 7 atom stereocenters. The second-order valence-electron chi connectivity index (χ2n) is 21.1. The summed E-state index contributed by atoms with van der Waals surface area (Å²) >= 11 is 0. The van der Waals surface area contributed by atoms with E-state index in [1.54, 1.807) is 6.08 Å². The first-order valence-corrected chi connectivity index (χ1v) is 30.4. The van der Waals surface area contributed by atoms with E-state index in [2.05, 4.69) is 55.6 Å². The van der Waals surface area contributed by atoms with Gasteiger partial charge in [-0.3, -0.25) is 4.79 Å². The number of carbonyl (C=O) groups is 1. The summed E-state index contributed by atoms with van der Waals surface area (Å²) in [5.74, 6) is -0.198. The van der Waals surface area contributed by atoms with Crippen molar-refractivity contribution in [3.63, 3.8) is 0 Å². The van der Waals surface area contributed by atoms with Gasteiger partial charge in [0.1, 0.15) is 24.4 Å². The molecule has 9 heteroatoms. The van der Waals surface area contributed by atoms with Crippen LogP contribution in [0.5, 0.6) is 0 Å². The molecule has 0 radical (unpaired) electrons. The van der Waals surface area contributed by atoms with Crippen LogP contribution in [0.15, 0.2) is 48.6 Å². The number of hydrogen-bond acceptors (Lipinski definition) is 8. The van der Waals surface area contributed by atoms with Crippen LogP contribution < -0.4 is 5.32 Å². The average molecular weight is 1000 g/mol. The van der Waals surface area contributed by atoms with E-state index >= 15 is 0 Å². The lowest BCUT2D eigenvalue weighted by Crippen LogP contribution is -2.60. The molecule has 1 amide bonds. The topological polar surface area (TPSA) is 149 Å². The summed E-state index contributed by atoms with van der Waals surface area (Å²) in [6.45, 7) is 3.77. The molecule has 0 aromatic rings. The fraction of sp³-hybridized carbons (Fsp3) is 0.855. The van der Waals surface area contributed by atoms with Crippen molar-refractivity contribution in [3.05, 3.63) is 48.6 Å². The molecule has 0 spiro atoms. The summed E-state index contributed by atoms with van der Waals surface area (Å²) < 4.78 is 11.2. The van der Waals surface area contributed by atoms with Crippen LogP contribution in [0.25, 0.3) is 0 Å². The highest BCUT2D eigenvalue weighted by atomic mass is 16.7. The largest absolute Gasteiger partial charge is 0.394 e. The number of unbranched alkanes of at least 4 members (excludes halogenated alkanes) is 36. The number of carbonyl (C=O) groups excluding carboxylic acids is 1. The Hall–Kier alpha value is -1.85. The van der Waals surface area contributed by atoms with E-state index in [1.165, 1.54) is 199 Å². The van der Waals surface area contributed by atoms with Gasteiger partial charge in [0.25, 0.3) is 0 Å². The van der Waals surface area contributed by atoms with E-state index in [0.29, 0.717) is 6.42 Å². The van der Waals surface area contributed by atoms with Crippen molar-refractivity contribution in [2.45, 2.75) is 326 Å². The van der Waals surface area contributed by atoms with E-state index in [4.69, 9.17) is 9.47 Å².